The third-order valence-electron chi connectivity index (χ3n) is 3.61. The van der Waals surface area contributed by atoms with Crippen LogP contribution < -0.4 is 34.3 Å². The summed E-state index contributed by atoms with van der Waals surface area (Å²) in [5.74, 6) is 0.351. The summed E-state index contributed by atoms with van der Waals surface area (Å²) in [7, 11) is 1.50. The van der Waals surface area contributed by atoms with Gasteiger partial charge in [-0.1, -0.05) is 11.8 Å². The van der Waals surface area contributed by atoms with Gasteiger partial charge in [-0.2, -0.15) is 10.2 Å². The Hall–Kier alpha value is -3.14. The number of nitro groups is 1. The molecule has 2 aromatic carbocycles. The number of rotatable bonds is 6. The fourth-order valence-corrected chi connectivity index (χ4v) is 2.19. The molecule has 1 aliphatic rings. The second kappa shape index (κ2) is 10.4. The van der Waals surface area contributed by atoms with Gasteiger partial charge in [0.2, 0.25) is 0 Å². The molecular weight excluding hydrogens is 385 g/mol. The molecule has 3 rings (SSSR count). The molecule has 0 aliphatic heterocycles. The number of non-ortho nitro benzene ring substituents is 1. The number of azo groups is 1. The van der Waals surface area contributed by atoms with Crippen LogP contribution in [0.15, 0.2) is 82.1 Å². The van der Waals surface area contributed by atoms with Gasteiger partial charge in [-0.25, -0.2) is 0 Å². The first-order chi connectivity index (χ1) is 13.5. The van der Waals surface area contributed by atoms with Crippen LogP contribution in [-0.2, 0) is 4.79 Å². The largest absolute Gasteiger partial charge is 1.00 e. The minimum atomic E-state index is -0.478. The second-order valence-electron chi connectivity index (χ2n) is 5.52. The molecule has 0 heterocycles. The molecule has 140 valence electrons. The number of hydrogen-bond donors (Lipinski definition) is 0. The monoisotopic (exact) mass is 399 g/mol. The van der Waals surface area contributed by atoms with Crippen LogP contribution >= 0.6 is 0 Å². The summed E-state index contributed by atoms with van der Waals surface area (Å²) in [6, 6.07) is 10.7. The Bertz CT molecular complexity index is 1010. The average Bonchev–Trinajstić information content (AvgIpc) is 2.72. The van der Waals surface area contributed by atoms with Crippen LogP contribution in [0.1, 0.15) is 0 Å². The normalized spacial score (nSPS) is 12.6. The minimum Gasteiger partial charge on any atom is -0.572 e. The van der Waals surface area contributed by atoms with E-state index in [0.717, 1.165) is 0 Å². The summed E-state index contributed by atoms with van der Waals surface area (Å²) < 4.78 is 5.31. The van der Waals surface area contributed by atoms with E-state index in [1.54, 1.807) is 30.4 Å². The van der Waals surface area contributed by atoms with Crippen molar-refractivity contribution in [1.82, 2.24) is 0 Å². The molecule has 0 saturated carbocycles. The average molecular weight is 399 g/mol. The van der Waals surface area contributed by atoms with Crippen LogP contribution in [0.4, 0.5) is 22.7 Å². The van der Waals surface area contributed by atoms with Crippen LogP contribution in [0.3, 0.4) is 0 Å². The predicted octanol–water partition coefficient (Wildman–Crippen LogP) is 2.08. The number of nitro benzene ring substituents is 1. The van der Waals surface area contributed by atoms with E-state index >= 15 is 0 Å². The van der Waals surface area contributed by atoms with E-state index in [-0.39, 0.29) is 41.0 Å². The molecule has 29 heavy (non-hydrogen) atoms. The van der Waals surface area contributed by atoms with Crippen LogP contribution in [-0.4, -0.2) is 23.5 Å². The number of carbonyl (C=O) groups excluding carboxylic acids is 1. The smallest absolute Gasteiger partial charge is 0.572 e. The molecule has 0 atom stereocenters. The zero-order valence-corrected chi connectivity index (χ0v) is 17.7. The number of methoxy groups -OCH3 is 1. The predicted molar refractivity (Wildman–Crippen MR) is 104 cm³/mol. The Morgan fingerprint density at radius 2 is 1.59 bits per heavy atom. The SMILES string of the molecule is COc1cc(N=Nc2ccc([N+](=O)[O-])cc2)ccc1[N-]N=C1C=CC(=O)C=C1.[Na+]. The third kappa shape index (κ3) is 6.18. The Labute approximate surface area is 188 Å². The standard InChI is InChI=1S/C19H15N5O4.Na/c1-28-19-12-15(22-20-13-2-7-16(8-3-13)24(26)27)6-11-18(19)23-21-14-4-9-17(25)10-5-14;/h2-12H,1H3,(H,20,23,25);/q;+1/p-1. The molecule has 0 N–H and O–H groups in total. The molecule has 0 aromatic heterocycles. The van der Waals surface area contributed by atoms with Crippen LogP contribution in [0.2, 0.25) is 0 Å². The molecule has 0 fully saturated rings. The molecule has 2 aromatic rings. The van der Waals surface area contributed by atoms with Crippen molar-refractivity contribution in [1.29, 1.82) is 0 Å². The van der Waals surface area contributed by atoms with Crippen molar-refractivity contribution in [3.63, 3.8) is 0 Å². The van der Waals surface area contributed by atoms with Crippen LogP contribution in [0, 0.1) is 10.1 Å². The fourth-order valence-electron chi connectivity index (χ4n) is 2.19. The van der Waals surface area contributed by atoms with E-state index in [2.05, 4.69) is 20.8 Å². The maximum atomic E-state index is 11.1. The zero-order chi connectivity index (χ0) is 19.9. The van der Waals surface area contributed by atoms with Gasteiger partial charge in [-0.3, -0.25) is 14.9 Å². The quantitative estimate of drug-likeness (QED) is 0.243. The van der Waals surface area contributed by atoms with Crippen LogP contribution in [0.5, 0.6) is 5.75 Å². The summed E-state index contributed by atoms with van der Waals surface area (Å²) in [6.07, 6.45) is 5.97. The maximum absolute atomic E-state index is 11.1. The third-order valence-corrected chi connectivity index (χ3v) is 3.61. The van der Waals surface area contributed by atoms with Gasteiger partial charge in [0.25, 0.3) is 5.69 Å². The van der Waals surface area contributed by atoms with E-state index in [1.165, 1.54) is 43.5 Å². The Kier molecular flexibility index (Phi) is 7.96. The first-order valence-corrected chi connectivity index (χ1v) is 8.08. The molecule has 9 nitrogen and oxygen atoms in total. The van der Waals surface area contributed by atoms with Crippen molar-refractivity contribution < 1.29 is 44.0 Å². The summed E-state index contributed by atoms with van der Waals surface area (Å²) >= 11 is 0. The molecule has 0 spiro atoms. The number of allylic oxidation sites excluding steroid dienone is 4. The molecule has 0 radical (unpaired) electrons. The number of hydrogen-bond acceptors (Lipinski definition) is 7. The number of carbonyl (C=O) groups is 1. The van der Waals surface area contributed by atoms with Crippen molar-refractivity contribution in [2.75, 3.05) is 7.11 Å². The topological polar surface area (TPSA) is 121 Å². The molecular formula is C19H14N5NaO4. The van der Waals surface area contributed by atoms with E-state index in [4.69, 9.17) is 4.74 Å². The first-order valence-electron chi connectivity index (χ1n) is 8.08. The van der Waals surface area contributed by atoms with Gasteiger partial charge in [-0.05, 0) is 42.5 Å². The van der Waals surface area contributed by atoms with E-state index in [1.807, 2.05) is 0 Å². The molecule has 0 amide bonds. The summed E-state index contributed by atoms with van der Waals surface area (Å²) in [6.45, 7) is 0. The van der Waals surface area contributed by atoms with E-state index in [0.29, 0.717) is 28.5 Å². The Morgan fingerprint density at radius 1 is 0.966 bits per heavy atom. The first kappa shape index (κ1) is 22.2. The van der Waals surface area contributed by atoms with Crippen molar-refractivity contribution in [2.24, 2.45) is 15.3 Å². The Balaban J connectivity index is 0.00000300. The molecule has 0 bridgehead atoms. The number of nitrogens with zero attached hydrogens (tertiary/aromatic N) is 5. The minimum absolute atomic E-state index is 0. The number of ketones is 1. The van der Waals surface area contributed by atoms with Crippen molar-refractivity contribution in [3.05, 3.63) is 82.3 Å². The zero-order valence-electron chi connectivity index (χ0n) is 15.7. The summed E-state index contributed by atoms with van der Waals surface area (Å²) in [5, 5.41) is 22.9. The van der Waals surface area contributed by atoms with Crippen LogP contribution in [0.25, 0.3) is 5.43 Å². The van der Waals surface area contributed by atoms with Crippen molar-refractivity contribution >= 4 is 34.2 Å². The summed E-state index contributed by atoms with van der Waals surface area (Å²) in [5.41, 5.74) is 6.14. The Morgan fingerprint density at radius 3 is 2.21 bits per heavy atom. The number of ether oxygens (including phenoxy) is 1. The van der Waals surface area contributed by atoms with Crippen molar-refractivity contribution in [3.8, 4) is 5.75 Å². The molecule has 10 heteroatoms. The maximum Gasteiger partial charge on any atom is 1.00 e. The molecule has 1 aliphatic carbocycles. The van der Waals surface area contributed by atoms with Gasteiger partial charge in [0.15, 0.2) is 5.78 Å². The van der Waals surface area contributed by atoms with E-state index in [9.17, 15) is 14.9 Å². The van der Waals surface area contributed by atoms with E-state index < -0.39 is 4.92 Å². The molecule has 0 saturated heterocycles. The fraction of sp³-hybridized carbons (Fsp3) is 0.0526. The molecule has 0 unspecified atom stereocenters. The van der Waals surface area contributed by atoms with Gasteiger partial charge in [0.1, 0.15) is 5.75 Å². The van der Waals surface area contributed by atoms with Gasteiger partial charge < -0.3 is 15.3 Å². The van der Waals surface area contributed by atoms with Gasteiger partial charge in [0.05, 0.1) is 23.4 Å². The van der Waals surface area contributed by atoms with Gasteiger partial charge >= 0.3 is 29.6 Å². The summed E-state index contributed by atoms with van der Waals surface area (Å²) in [4.78, 5) is 21.3. The van der Waals surface area contributed by atoms with Gasteiger partial charge in [-0.15, -0.1) is 0 Å². The van der Waals surface area contributed by atoms with Gasteiger partial charge in [0, 0.05) is 23.9 Å². The number of benzene rings is 2. The van der Waals surface area contributed by atoms with Crippen molar-refractivity contribution in [2.45, 2.75) is 0 Å². The second-order valence-corrected chi connectivity index (χ2v) is 5.52.